The van der Waals surface area contributed by atoms with Crippen molar-refractivity contribution in [1.82, 2.24) is 36.6 Å². The van der Waals surface area contributed by atoms with E-state index in [9.17, 15) is 63.7 Å². The van der Waals surface area contributed by atoms with Crippen LogP contribution >= 0.6 is 12.0 Å². The predicted molar refractivity (Wildman–Crippen MR) is 293 cm³/mol. The number of amides is 5. The monoisotopic (exact) mass is 1180 g/mol. The summed E-state index contributed by atoms with van der Waals surface area (Å²) in [4.78, 5) is 124. The second-order valence-electron chi connectivity index (χ2n) is 19.4. The second kappa shape index (κ2) is 30.9. The highest BCUT2D eigenvalue weighted by molar-refractivity contribution is 7.94. The van der Waals surface area contributed by atoms with Crippen LogP contribution in [0.4, 0.5) is 5.82 Å². The summed E-state index contributed by atoms with van der Waals surface area (Å²) in [5.41, 5.74) is 5.79. The Labute approximate surface area is 482 Å². The van der Waals surface area contributed by atoms with Crippen LogP contribution in [0, 0.1) is 5.41 Å². The molecule has 0 bridgehead atoms. The van der Waals surface area contributed by atoms with Crippen molar-refractivity contribution in [3.05, 3.63) is 114 Å². The third-order valence-corrected chi connectivity index (χ3v) is 13.0. The van der Waals surface area contributed by atoms with Crippen LogP contribution in [-0.2, 0) is 47.7 Å². The largest absolute Gasteiger partial charge is 0.691 e. The van der Waals surface area contributed by atoms with Gasteiger partial charge in [0.25, 0.3) is 5.91 Å². The maximum absolute atomic E-state index is 14.1. The molecule has 0 radical (unpaired) electrons. The summed E-state index contributed by atoms with van der Waals surface area (Å²) < 4.78 is 21.7. The molecule has 29 heteroatoms. The highest BCUT2D eigenvalue weighted by Gasteiger charge is 2.34. The van der Waals surface area contributed by atoms with E-state index in [4.69, 9.17) is 24.3 Å². The molecule has 0 spiro atoms. The van der Waals surface area contributed by atoms with Crippen molar-refractivity contribution in [3.8, 4) is 39.8 Å². The number of aromatic nitrogens is 2. The van der Waals surface area contributed by atoms with Crippen LogP contribution in [0.5, 0.6) is 17.4 Å². The SMILES string of the molecule is CC(C)(CCCCOc1cc(-c2ccc3c(c2)OCO3)cc(-c2ccccc2)n1)CNC(=O)C(CC(=O)N[C@@H](CC(=O)O)C(=O)N[C@@H](CC(=O)O)C(=O)N[C@@H](CC(=O)O)C(=O)O)NC(=O)c1ccc(N/N=C/c2ccccc2SOO[O-])nc1. The summed E-state index contributed by atoms with van der Waals surface area (Å²) >= 11 is 0.653. The van der Waals surface area contributed by atoms with Crippen LogP contribution in [-0.4, -0.2) is 134 Å². The first-order chi connectivity index (χ1) is 40.2. The van der Waals surface area contributed by atoms with E-state index in [-0.39, 0.29) is 31.3 Å². The average molecular weight is 1180 g/mol. The first-order valence-electron chi connectivity index (χ1n) is 25.6. The Morgan fingerprint density at radius 3 is 2.04 bits per heavy atom. The number of ether oxygens (including phenoxy) is 3. The molecule has 4 atom stereocenters. The van der Waals surface area contributed by atoms with Crippen LogP contribution in [0.1, 0.15) is 74.7 Å². The number of nitrogens with zero attached hydrogens (tertiary/aromatic N) is 3. The van der Waals surface area contributed by atoms with Gasteiger partial charge in [0.15, 0.2) is 11.5 Å². The van der Waals surface area contributed by atoms with Crippen LogP contribution < -0.4 is 51.5 Å². The molecule has 28 nitrogen and oxygen atoms in total. The molecule has 0 fully saturated rings. The van der Waals surface area contributed by atoms with Crippen LogP contribution in [0.15, 0.2) is 113 Å². The molecule has 0 saturated heterocycles. The lowest BCUT2D eigenvalue weighted by Gasteiger charge is -2.27. The molecule has 444 valence electrons. The van der Waals surface area contributed by atoms with Gasteiger partial charge in [-0.2, -0.15) is 9.44 Å². The first-order valence-corrected chi connectivity index (χ1v) is 26.4. The molecule has 1 aliphatic heterocycles. The van der Waals surface area contributed by atoms with Gasteiger partial charge in [-0.05, 0) is 72.2 Å². The Morgan fingerprint density at radius 2 is 1.36 bits per heavy atom. The molecule has 10 N–H and O–H groups in total. The summed E-state index contributed by atoms with van der Waals surface area (Å²) in [6.07, 6.45) is -0.156. The lowest BCUT2D eigenvalue weighted by molar-refractivity contribution is -0.777. The quantitative estimate of drug-likeness (QED) is 0.00948. The lowest BCUT2D eigenvalue weighted by atomic mass is 9.87. The zero-order valence-electron chi connectivity index (χ0n) is 44.9. The smallest absolute Gasteiger partial charge is 0.326 e. The molecule has 5 aromatic rings. The predicted octanol–water partition coefficient (Wildman–Crippen LogP) is 3.06. The van der Waals surface area contributed by atoms with Crippen LogP contribution in [0.3, 0.4) is 0 Å². The molecule has 3 aromatic carbocycles. The third kappa shape index (κ3) is 20.1. The number of nitrogens with one attached hydrogen (secondary N) is 6. The minimum atomic E-state index is -2.10. The topological polar surface area (TPSA) is 414 Å². The Kier molecular flexibility index (Phi) is 23.4. The number of aliphatic carboxylic acids is 4. The fraction of sp³-hybridized carbons (Fsp3) is 0.309. The van der Waals surface area contributed by atoms with Gasteiger partial charge in [-0.25, -0.2) is 14.8 Å². The van der Waals surface area contributed by atoms with E-state index in [1.807, 2.05) is 85.1 Å². The van der Waals surface area contributed by atoms with Gasteiger partial charge in [0.1, 0.15) is 30.0 Å². The van der Waals surface area contributed by atoms with Crippen LogP contribution in [0.2, 0.25) is 0 Å². The fourth-order valence-electron chi connectivity index (χ4n) is 8.05. The van der Waals surface area contributed by atoms with E-state index in [1.165, 1.54) is 18.3 Å². The standard InChI is InChI=1S/C55H59N9O19S/c1-55(2,18-8-9-19-79-46-22-35(20-36(60-46)31-10-4-3-5-11-31)32-14-16-41-42(21-32)81-30-80-41)29-57-51(73)37(61-50(72)34-15-17-44(56-27-34)64-58-28-33-12-6-7-13-43(33)84-83-82-78)23-45(65)59-38(24-47(66)67)52(74)62-39(25-48(68)69)53(75)63-40(54(76)77)26-49(70)71/h3-7,10-17,20-22,27-28,37-40,78H,8-9,18-19,23-26,29-30H2,1-2H3,(H,56,64)(H,57,73)(H,59,65)(H,61,72)(H,62,74)(H,63,75)(H,66,67)(H,68,69)(H,70,71)(H,76,77)/p-1/b58-28+/t37?,38-,39-,40-/m0/s1. The minimum Gasteiger partial charge on any atom is -0.691 e. The highest BCUT2D eigenvalue weighted by Crippen LogP contribution is 2.38. The van der Waals surface area contributed by atoms with E-state index < -0.39 is 109 Å². The summed E-state index contributed by atoms with van der Waals surface area (Å²) in [7, 11) is 0. The number of hydrogen-bond donors (Lipinski definition) is 10. The molecule has 1 aliphatic rings. The minimum absolute atomic E-state index is 0.0115. The van der Waals surface area contributed by atoms with E-state index in [0.29, 0.717) is 64.8 Å². The molecular formula is C55H58N9O19S-. The number of carboxylic acids is 4. The van der Waals surface area contributed by atoms with Crippen molar-refractivity contribution in [1.29, 1.82) is 0 Å². The maximum atomic E-state index is 14.1. The van der Waals surface area contributed by atoms with Gasteiger partial charge in [0.05, 0.1) is 61.8 Å². The third-order valence-electron chi connectivity index (χ3n) is 12.3. The number of hydrazone groups is 1. The van der Waals surface area contributed by atoms with E-state index in [2.05, 4.69) is 40.8 Å². The molecule has 3 heterocycles. The lowest BCUT2D eigenvalue weighted by Crippen LogP contribution is -2.57. The van der Waals surface area contributed by atoms with Gasteiger partial charge in [-0.1, -0.05) is 68.4 Å². The normalized spacial score (nSPS) is 13.1. The fourth-order valence-corrected chi connectivity index (χ4v) is 8.50. The second-order valence-corrected chi connectivity index (χ2v) is 20.1. The Hall–Kier alpha value is -9.71. The summed E-state index contributed by atoms with van der Waals surface area (Å²) in [5.74, 6) is -10.9. The number of carboxylic acid groups (broad SMARTS) is 4. The number of fused-ring (bicyclic) bond motifs is 1. The number of anilines is 1. The van der Waals surface area contributed by atoms with E-state index in [0.717, 1.165) is 22.9 Å². The molecule has 84 heavy (non-hydrogen) atoms. The summed E-state index contributed by atoms with van der Waals surface area (Å²) in [6, 6.07) is 20.5. The van der Waals surface area contributed by atoms with Gasteiger partial charge >= 0.3 is 23.9 Å². The zero-order valence-corrected chi connectivity index (χ0v) is 45.8. The van der Waals surface area contributed by atoms with Gasteiger partial charge in [-0.3, -0.25) is 48.8 Å². The van der Waals surface area contributed by atoms with Crippen molar-refractivity contribution in [3.63, 3.8) is 0 Å². The number of pyridine rings is 2. The molecule has 0 aliphatic carbocycles. The molecule has 0 saturated carbocycles. The maximum Gasteiger partial charge on any atom is 0.326 e. The Balaban J connectivity index is 1.12. The number of carbonyl (C=O) groups excluding carboxylic acids is 5. The van der Waals surface area contributed by atoms with Gasteiger partial charge in [0.2, 0.25) is 36.3 Å². The van der Waals surface area contributed by atoms with Crippen LogP contribution in [0.25, 0.3) is 22.4 Å². The van der Waals surface area contributed by atoms with E-state index in [1.54, 1.807) is 24.3 Å². The number of rotatable bonds is 33. The number of carbonyl (C=O) groups is 9. The Bertz CT molecular complexity index is 3210. The molecule has 2 aromatic heterocycles. The zero-order chi connectivity index (χ0) is 60.8. The number of hydrogen-bond acceptors (Lipinski definition) is 20. The van der Waals surface area contributed by atoms with Crippen molar-refractivity contribution >= 4 is 77.5 Å². The van der Waals surface area contributed by atoms with Crippen molar-refractivity contribution in [2.75, 3.05) is 25.4 Å². The number of benzene rings is 3. The molecule has 5 amide bonds. The van der Waals surface area contributed by atoms with Gasteiger partial charge < -0.3 is 66.5 Å². The Morgan fingerprint density at radius 1 is 0.702 bits per heavy atom. The first kappa shape index (κ1) is 63.5. The molecule has 6 rings (SSSR count). The average Bonchev–Trinajstić information content (AvgIpc) is 4.15. The van der Waals surface area contributed by atoms with Crippen molar-refractivity contribution in [2.45, 2.75) is 87.9 Å². The van der Waals surface area contributed by atoms with Gasteiger partial charge in [0, 0.05) is 34.8 Å². The summed E-state index contributed by atoms with van der Waals surface area (Å²) in [5, 5.41) is 66.6. The number of unbranched alkanes of at least 4 members (excludes halogenated alkanes) is 1. The molecule has 1 unspecified atom stereocenters. The van der Waals surface area contributed by atoms with E-state index >= 15 is 0 Å². The highest BCUT2D eigenvalue weighted by atomic mass is 32.2. The van der Waals surface area contributed by atoms with Crippen molar-refractivity contribution < 1.29 is 92.4 Å². The molecular weight excluding hydrogens is 1120 g/mol. The van der Waals surface area contributed by atoms with Gasteiger partial charge in [-0.15, -0.1) is 0 Å². The van der Waals surface area contributed by atoms with Crippen molar-refractivity contribution in [2.24, 2.45) is 10.5 Å². The summed E-state index contributed by atoms with van der Waals surface area (Å²) in [6.45, 7) is 4.17.